The molecule has 1 aromatic rings. The van der Waals surface area contributed by atoms with Crippen molar-refractivity contribution in [1.29, 1.82) is 0 Å². The van der Waals surface area contributed by atoms with Gasteiger partial charge in [-0.25, -0.2) is 4.39 Å². The zero-order chi connectivity index (χ0) is 13.0. The van der Waals surface area contributed by atoms with Gasteiger partial charge in [0.1, 0.15) is 5.82 Å². The number of carbonyl (C=O) groups is 1. The lowest BCUT2D eigenvalue weighted by Crippen LogP contribution is -2.43. The zero-order valence-electron chi connectivity index (χ0n) is 10.7. The molecule has 1 unspecified atom stereocenters. The number of halogens is 1. The van der Waals surface area contributed by atoms with Gasteiger partial charge in [0, 0.05) is 18.8 Å². The van der Waals surface area contributed by atoms with E-state index >= 15 is 0 Å². The number of carbonyl (C=O) groups excluding carboxylic acids is 1. The van der Waals surface area contributed by atoms with Crippen LogP contribution in [0.1, 0.15) is 19.8 Å². The van der Waals surface area contributed by atoms with Gasteiger partial charge < -0.3 is 10.2 Å². The molecule has 1 N–H and O–H groups in total. The highest BCUT2D eigenvalue weighted by atomic mass is 19.1. The third-order valence-electron chi connectivity index (χ3n) is 3.35. The summed E-state index contributed by atoms with van der Waals surface area (Å²) < 4.78 is 13.2. The van der Waals surface area contributed by atoms with Gasteiger partial charge in [0.2, 0.25) is 5.91 Å². The summed E-state index contributed by atoms with van der Waals surface area (Å²) in [6.07, 6.45) is 1.94. The maximum Gasteiger partial charge on any atom is 0.231 e. The van der Waals surface area contributed by atoms with E-state index < -0.39 is 0 Å². The van der Waals surface area contributed by atoms with Crippen LogP contribution in [0.2, 0.25) is 0 Å². The molecule has 0 saturated carbocycles. The van der Waals surface area contributed by atoms with E-state index in [1.165, 1.54) is 12.1 Å². The van der Waals surface area contributed by atoms with Crippen molar-refractivity contribution in [2.75, 3.05) is 24.5 Å². The van der Waals surface area contributed by atoms with E-state index in [1.54, 1.807) is 17.0 Å². The second-order valence-corrected chi connectivity index (χ2v) is 4.61. The summed E-state index contributed by atoms with van der Waals surface area (Å²) in [4.78, 5) is 14.1. The molecule has 0 radical (unpaired) electrons. The molecule has 1 aliphatic rings. The molecule has 1 atom stereocenters. The van der Waals surface area contributed by atoms with Crippen molar-refractivity contribution < 1.29 is 9.18 Å². The fourth-order valence-electron chi connectivity index (χ4n) is 2.39. The Kier molecular flexibility index (Phi) is 4.31. The predicted molar refractivity (Wildman–Crippen MR) is 70.0 cm³/mol. The van der Waals surface area contributed by atoms with Gasteiger partial charge >= 0.3 is 0 Å². The summed E-state index contributed by atoms with van der Waals surface area (Å²) in [7, 11) is 0. The number of piperidine rings is 1. The summed E-state index contributed by atoms with van der Waals surface area (Å²) in [6.45, 7) is 4.19. The summed E-state index contributed by atoms with van der Waals surface area (Å²) >= 11 is 0. The molecule has 1 heterocycles. The van der Waals surface area contributed by atoms with Gasteiger partial charge in [-0.2, -0.15) is 0 Å². The first kappa shape index (κ1) is 13.0. The van der Waals surface area contributed by atoms with Crippen molar-refractivity contribution in [3.8, 4) is 0 Å². The molecular formula is C14H19FN2O. The van der Waals surface area contributed by atoms with Gasteiger partial charge in [-0.15, -0.1) is 0 Å². The Morgan fingerprint density at radius 3 is 3.00 bits per heavy atom. The van der Waals surface area contributed by atoms with E-state index in [2.05, 4.69) is 5.32 Å². The average molecular weight is 250 g/mol. The zero-order valence-corrected chi connectivity index (χ0v) is 10.7. The highest BCUT2D eigenvalue weighted by Gasteiger charge is 2.26. The van der Waals surface area contributed by atoms with E-state index in [1.807, 2.05) is 6.92 Å². The largest absolute Gasteiger partial charge is 0.316 e. The van der Waals surface area contributed by atoms with Crippen molar-refractivity contribution in [3.05, 3.63) is 30.1 Å². The molecule has 1 saturated heterocycles. The van der Waals surface area contributed by atoms with Gasteiger partial charge in [0.25, 0.3) is 0 Å². The minimum atomic E-state index is -0.305. The molecule has 98 valence electrons. The lowest BCUT2D eigenvalue weighted by molar-refractivity contribution is -0.122. The Morgan fingerprint density at radius 2 is 2.39 bits per heavy atom. The maximum atomic E-state index is 13.2. The Hall–Kier alpha value is -1.42. The van der Waals surface area contributed by atoms with Crippen LogP contribution in [0.3, 0.4) is 0 Å². The Bertz CT molecular complexity index is 416. The number of rotatable bonds is 3. The highest BCUT2D eigenvalue weighted by Crippen LogP contribution is 2.20. The van der Waals surface area contributed by atoms with Crippen LogP contribution in [-0.2, 0) is 4.79 Å². The maximum absolute atomic E-state index is 13.2. The fourth-order valence-corrected chi connectivity index (χ4v) is 2.39. The number of hydrogen-bond acceptors (Lipinski definition) is 2. The molecule has 1 aromatic carbocycles. The minimum Gasteiger partial charge on any atom is -0.316 e. The van der Waals surface area contributed by atoms with Gasteiger partial charge in [-0.05, 0) is 44.5 Å². The van der Waals surface area contributed by atoms with Crippen LogP contribution in [0.5, 0.6) is 0 Å². The van der Waals surface area contributed by atoms with E-state index in [-0.39, 0.29) is 17.6 Å². The van der Waals surface area contributed by atoms with E-state index in [0.717, 1.165) is 25.9 Å². The van der Waals surface area contributed by atoms with Gasteiger partial charge in [0.05, 0.1) is 5.92 Å². The molecule has 1 fully saturated rings. The monoisotopic (exact) mass is 250 g/mol. The fraction of sp³-hybridized carbons (Fsp3) is 0.500. The first-order chi connectivity index (χ1) is 8.72. The first-order valence-corrected chi connectivity index (χ1v) is 6.50. The molecule has 1 aliphatic heterocycles. The Labute approximate surface area is 107 Å². The molecule has 0 spiro atoms. The van der Waals surface area contributed by atoms with Crippen LogP contribution < -0.4 is 10.2 Å². The lowest BCUT2D eigenvalue weighted by atomic mass is 9.98. The van der Waals surface area contributed by atoms with E-state index in [0.29, 0.717) is 12.2 Å². The quantitative estimate of drug-likeness (QED) is 0.891. The molecule has 4 heteroatoms. The van der Waals surface area contributed by atoms with Crippen LogP contribution in [-0.4, -0.2) is 25.5 Å². The van der Waals surface area contributed by atoms with Crippen LogP contribution in [0.4, 0.5) is 10.1 Å². The average Bonchev–Trinajstić information content (AvgIpc) is 2.40. The number of benzene rings is 1. The molecule has 1 amide bonds. The second kappa shape index (κ2) is 5.96. The third kappa shape index (κ3) is 2.88. The molecule has 3 nitrogen and oxygen atoms in total. The topological polar surface area (TPSA) is 32.3 Å². The van der Waals surface area contributed by atoms with Gasteiger partial charge in [-0.1, -0.05) is 6.07 Å². The molecule has 18 heavy (non-hydrogen) atoms. The smallest absolute Gasteiger partial charge is 0.231 e. The van der Waals surface area contributed by atoms with Crippen LogP contribution >= 0.6 is 0 Å². The number of amides is 1. The Morgan fingerprint density at radius 1 is 1.56 bits per heavy atom. The van der Waals surface area contributed by atoms with Crippen molar-refractivity contribution in [3.63, 3.8) is 0 Å². The Balaban J connectivity index is 2.14. The van der Waals surface area contributed by atoms with Crippen LogP contribution in [0.25, 0.3) is 0 Å². The molecule has 0 aromatic heterocycles. The minimum absolute atomic E-state index is 0.0157. The summed E-state index contributed by atoms with van der Waals surface area (Å²) in [5.41, 5.74) is 0.646. The van der Waals surface area contributed by atoms with Gasteiger partial charge in [0.15, 0.2) is 0 Å². The number of nitrogens with zero attached hydrogens (tertiary/aromatic N) is 1. The van der Waals surface area contributed by atoms with E-state index in [4.69, 9.17) is 0 Å². The lowest BCUT2D eigenvalue weighted by Gasteiger charge is -2.29. The van der Waals surface area contributed by atoms with Crippen molar-refractivity contribution in [2.45, 2.75) is 19.8 Å². The SMILES string of the molecule is CCN(C(=O)C1CCCNC1)c1cccc(F)c1. The normalized spacial score (nSPS) is 19.6. The van der Waals surface area contributed by atoms with Crippen LogP contribution in [0.15, 0.2) is 24.3 Å². The third-order valence-corrected chi connectivity index (χ3v) is 3.35. The molecule has 0 aliphatic carbocycles. The number of hydrogen-bond donors (Lipinski definition) is 1. The highest BCUT2D eigenvalue weighted by molar-refractivity contribution is 5.95. The van der Waals surface area contributed by atoms with Crippen molar-refractivity contribution in [2.24, 2.45) is 5.92 Å². The van der Waals surface area contributed by atoms with E-state index in [9.17, 15) is 9.18 Å². The van der Waals surface area contributed by atoms with Gasteiger partial charge in [-0.3, -0.25) is 4.79 Å². The summed E-state index contributed by atoms with van der Waals surface area (Å²) in [5.74, 6) is -0.196. The molecular weight excluding hydrogens is 231 g/mol. The summed E-state index contributed by atoms with van der Waals surface area (Å²) in [5, 5.41) is 3.24. The van der Waals surface area contributed by atoms with Crippen LogP contribution in [0, 0.1) is 11.7 Å². The number of anilines is 1. The number of nitrogens with one attached hydrogen (secondary N) is 1. The van der Waals surface area contributed by atoms with Crippen molar-refractivity contribution >= 4 is 11.6 Å². The molecule has 0 bridgehead atoms. The molecule has 2 rings (SSSR count). The summed E-state index contributed by atoms with van der Waals surface area (Å²) in [6, 6.07) is 6.22. The second-order valence-electron chi connectivity index (χ2n) is 4.61. The van der Waals surface area contributed by atoms with Crippen molar-refractivity contribution in [1.82, 2.24) is 5.32 Å². The standard InChI is InChI=1S/C14H19FN2O/c1-2-17(13-7-3-6-12(15)9-13)14(18)11-5-4-8-16-10-11/h3,6-7,9,11,16H,2,4-5,8,10H2,1H3. The predicted octanol–water partition coefficient (Wildman–Crippen LogP) is 2.18. The first-order valence-electron chi connectivity index (χ1n) is 6.50.